The van der Waals surface area contributed by atoms with Gasteiger partial charge in [-0.1, -0.05) is 6.07 Å². The summed E-state index contributed by atoms with van der Waals surface area (Å²) >= 11 is 0. The van der Waals surface area contributed by atoms with E-state index in [9.17, 15) is 4.79 Å². The van der Waals surface area contributed by atoms with Crippen LogP contribution in [0.1, 0.15) is 5.69 Å². The van der Waals surface area contributed by atoms with Crippen LogP contribution in [0.3, 0.4) is 0 Å². The Morgan fingerprint density at radius 1 is 1.30 bits per heavy atom. The van der Waals surface area contributed by atoms with Gasteiger partial charge in [0.2, 0.25) is 0 Å². The molecule has 0 saturated heterocycles. The van der Waals surface area contributed by atoms with Gasteiger partial charge in [0.15, 0.2) is 11.5 Å². The van der Waals surface area contributed by atoms with Crippen molar-refractivity contribution in [2.45, 2.75) is 0 Å². The summed E-state index contributed by atoms with van der Waals surface area (Å²) in [4.78, 5) is 17.9. The van der Waals surface area contributed by atoms with E-state index < -0.39 is 0 Å². The Morgan fingerprint density at radius 3 is 2.90 bits per heavy atom. The molecule has 1 aromatic carbocycles. The Morgan fingerprint density at radius 2 is 2.15 bits per heavy atom. The quantitative estimate of drug-likeness (QED) is 0.634. The molecule has 2 N–H and O–H groups in total. The number of aromatic nitrogens is 1. The molecule has 1 aliphatic rings. The van der Waals surface area contributed by atoms with Gasteiger partial charge in [0, 0.05) is 31.1 Å². The van der Waals surface area contributed by atoms with Gasteiger partial charge >= 0.3 is 0 Å². The number of fused-ring (bicyclic) bond motifs is 1. The molecule has 100 valence electrons. The van der Waals surface area contributed by atoms with Gasteiger partial charge in [0.1, 0.15) is 0 Å². The highest BCUT2D eigenvalue weighted by molar-refractivity contribution is 6.09. The second kappa shape index (κ2) is 4.70. The second-order valence-corrected chi connectivity index (χ2v) is 4.46. The topological polar surface area (TPSA) is 68.5 Å². The summed E-state index contributed by atoms with van der Waals surface area (Å²) in [5.74, 6) is 0.575. The SMILES string of the molecule is CN1C(=O)/C(=C\c2ccccn2)Oc2cc(N)ccc21. The largest absolute Gasteiger partial charge is 0.449 e. The number of carbonyl (C=O) groups excluding carboxylic acids is 1. The molecule has 2 heterocycles. The number of rotatable bonds is 1. The smallest absolute Gasteiger partial charge is 0.293 e. The first kappa shape index (κ1) is 12.2. The summed E-state index contributed by atoms with van der Waals surface area (Å²) in [6, 6.07) is 10.7. The molecule has 1 aliphatic heterocycles. The van der Waals surface area contributed by atoms with Crippen LogP contribution in [0.25, 0.3) is 6.08 Å². The number of anilines is 2. The molecule has 1 amide bonds. The van der Waals surface area contributed by atoms with Gasteiger partial charge in [0.25, 0.3) is 5.91 Å². The number of ether oxygens (including phenoxy) is 1. The standard InChI is InChI=1S/C15H13N3O2/c1-18-12-6-5-10(16)8-13(12)20-14(15(18)19)9-11-4-2-3-7-17-11/h2-9H,16H2,1H3/b14-9+. The number of benzene rings is 1. The van der Waals surface area contributed by atoms with E-state index in [1.165, 1.54) is 4.90 Å². The van der Waals surface area contributed by atoms with E-state index in [1.54, 1.807) is 43.6 Å². The van der Waals surface area contributed by atoms with Crippen molar-refractivity contribution in [1.29, 1.82) is 0 Å². The number of likely N-dealkylation sites (N-methyl/N-ethyl adjacent to an activating group) is 1. The van der Waals surface area contributed by atoms with E-state index >= 15 is 0 Å². The first-order valence-corrected chi connectivity index (χ1v) is 6.13. The van der Waals surface area contributed by atoms with Crippen LogP contribution in [0.4, 0.5) is 11.4 Å². The highest BCUT2D eigenvalue weighted by Crippen LogP contribution is 2.36. The van der Waals surface area contributed by atoms with E-state index in [0.717, 1.165) is 0 Å². The average molecular weight is 267 g/mol. The summed E-state index contributed by atoms with van der Waals surface area (Å²) < 4.78 is 5.65. The van der Waals surface area contributed by atoms with Gasteiger partial charge in [-0.15, -0.1) is 0 Å². The third kappa shape index (κ3) is 2.09. The number of hydrogen-bond acceptors (Lipinski definition) is 4. The lowest BCUT2D eigenvalue weighted by molar-refractivity contribution is -0.117. The van der Waals surface area contributed by atoms with Gasteiger partial charge in [-0.05, 0) is 24.3 Å². The predicted molar refractivity (Wildman–Crippen MR) is 77.1 cm³/mol. The van der Waals surface area contributed by atoms with E-state index in [1.807, 2.05) is 12.1 Å². The average Bonchev–Trinajstić information content (AvgIpc) is 2.45. The third-order valence-electron chi connectivity index (χ3n) is 3.05. The fraction of sp³-hybridized carbons (Fsp3) is 0.0667. The molecule has 0 unspecified atom stereocenters. The molecule has 2 aromatic rings. The van der Waals surface area contributed by atoms with Gasteiger partial charge in [-0.3, -0.25) is 9.78 Å². The molecule has 0 radical (unpaired) electrons. The molecule has 1 aromatic heterocycles. The molecule has 0 atom stereocenters. The summed E-state index contributed by atoms with van der Waals surface area (Å²) in [6.07, 6.45) is 3.28. The lowest BCUT2D eigenvalue weighted by atomic mass is 10.2. The Labute approximate surface area is 116 Å². The first-order valence-electron chi connectivity index (χ1n) is 6.13. The highest BCUT2D eigenvalue weighted by atomic mass is 16.5. The van der Waals surface area contributed by atoms with Crippen molar-refractivity contribution < 1.29 is 9.53 Å². The maximum Gasteiger partial charge on any atom is 0.293 e. The zero-order chi connectivity index (χ0) is 14.1. The molecule has 20 heavy (non-hydrogen) atoms. The molecule has 0 spiro atoms. The Bertz CT molecular complexity index is 696. The number of pyridine rings is 1. The number of carbonyl (C=O) groups is 1. The number of nitrogens with zero attached hydrogens (tertiary/aromatic N) is 2. The molecular weight excluding hydrogens is 254 g/mol. The van der Waals surface area contributed by atoms with Crippen molar-refractivity contribution in [2.75, 3.05) is 17.7 Å². The van der Waals surface area contributed by atoms with Crippen LogP contribution in [0, 0.1) is 0 Å². The van der Waals surface area contributed by atoms with E-state index in [0.29, 0.717) is 22.8 Å². The fourth-order valence-electron chi connectivity index (χ4n) is 2.01. The first-order chi connectivity index (χ1) is 9.65. The normalized spacial score (nSPS) is 15.9. The number of hydrogen-bond donors (Lipinski definition) is 1. The molecule has 0 bridgehead atoms. The van der Waals surface area contributed by atoms with Crippen LogP contribution in [-0.2, 0) is 4.79 Å². The van der Waals surface area contributed by atoms with E-state index in [2.05, 4.69) is 4.98 Å². The van der Waals surface area contributed by atoms with Crippen molar-refractivity contribution in [2.24, 2.45) is 0 Å². The van der Waals surface area contributed by atoms with Crippen molar-refractivity contribution in [1.82, 2.24) is 4.98 Å². The summed E-state index contributed by atoms with van der Waals surface area (Å²) in [6.45, 7) is 0. The van der Waals surface area contributed by atoms with Gasteiger partial charge < -0.3 is 15.4 Å². The van der Waals surface area contributed by atoms with Crippen LogP contribution in [-0.4, -0.2) is 17.9 Å². The van der Waals surface area contributed by atoms with Crippen molar-refractivity contribution >= 4 is 23.4 Å². The van der Waals surface area contributed by atoms with Crippen LogP contribution >= 0.6 is 0 Å². The zero-order valence-corrected chi connectivity index (χ0v) is 10.9. The molecule has 0 saturated carbocycles. The number of amides is 1. The van der Waals surface area contributed by atoms with Crippen LogP contribution in [0.15, 0.2) is 48.4 Å². The molecule has 3 rings (SSSR count). The van der Waals surface area contributed by atoms with Crippen LogP contribution in [0.2, 0.25) is 0 Å². The lowest BCUT2D eigenvalue weighted by Crippen LogP contribution is -2.33. The van der Waals surface area contributed by atoms with Crippen molar-refractivity contribution in [3.8, 4) is 5.75 Å². The van der Waals surface area contributed by atoms with E-state index in [4.69, 9.17) is 10.5 Å². The Hall–Kier alpha value is -2.82. The number of nitrogens with two attached hydrogens (primary N) is 1. The maximum absolute atomic E-state index is 12.3. The third-order valence-corrected chi connectivity index (χ3v) is 3.05. The second-order valence-electron chi connectivity index (χ2n) is 4.46. The maximum atomic E-state index is 12.3. The van der Waals surface area contributed by atoms with Crippen LogP contribution < -0.4 is 15.4 Å². The van der Waals surface area contributed by atoms with Crippen molar-refractivity contribution in [3.05, 3.63) is 54.0 Å². The molecular formula is C15H13N3O2. The molecule has 5 nitrogen and oxygen atoms in total. The predicted octanol–water partition coefficient (Wildman–Crippen LogP) is 2.06. The Kier molecular flexibility index (Phi) is 2.87. The number of nitrogen functional groups attached to an aromatic ring is 1. The molecule has 0 aliphatic carbocycles. The van der Waals surface area contributed by atoms with Gasteiger partial charge in [-0.25, -0.2) is 0 Å². The molecule has 5 heteroatoms. The minimum Gasteiger partial charge on any atom is -0.449 e. The zero-order valence-electron chi connectivity index (χ0n) is 10.9. The van der Waals surface area contributed by atoms with Gasteiger partial charge in [0.05, 0.1) is 11.4 Å². The van der Waals surface area contributed by atoms with Crippen LogP contribution in [0.5, 0.6) is 5.75 Å². The monoisotopic (exact) mass is 267 g/mol. The summed E-state index contributed by atoms with van der Waals surface area (Å²) in [5, 5.41) is 0. The minimum atomic E-state index is -0.215. The highest BCUT2D eigenvalue weighted by Gasteiger charge is 2.27. The summed E-state index contributed by atoms with van der Waals surface area (Å²) in [7, 11) is 1.70. The minimum absolute atomic E-state index is 0.215. The lowest BCUT2D eigenvalue weighted by Gasteiger charge is -2.27. The Balaban J connectivity index is 2.04. The van der Waals surface area contributed by atoms with E-state index in [-0.39, 0.29) is 11.7 Å². The molecule has 0 fully saturated rings. The fourth-order valence-corrected chi connectivity index (χ4v) is 2.01. The summed E-state index contributed by atoms with van der Waals surface area (Å²) in [5.41, 5.74) is 7.69. The van der Waals surface area contributed by atoms with Gasteiger partial charge in [-0.2, -0.15) is 0 Å². The van der Waals surface area contributed by atoms with Crippen molar-refractivity contribution in [3.63, 3.8) is 0 Å².